The van der Waals surface area contributed by atoms with Crippen molar-refractivity contribution < 1.29 is 9.18 Å². The average Bonchev–Trinajstić information content (AvgIpc) is 2.78. The third kappa shape index (κ3) is 4.90. The van der Waals surface area contributed by atoms with Crippen LogP contribution in [0.1, 0.15) is 17.5 Å². The highest BCUT2D eigenvalue weighted by Gasteiger charge is 2.08. The molecule has 30 heavy (non-hydrogen) atoms. The lowest BCUT2D eigenvalue weighted by molar-refractivity contribution is -0.121. The first-order valence-corrected chi connectivity index (χ1v) is 10.1. The van der Waals surface area contributed by atoms with E-state index in [4.69, 9.17) is 0 Å². The Hall–Kier alpha value is -3.53. The minimum atomic E-state index is -0.270. The average molecular weight is 398 g/mol. The maximum absolute atomic E-state index is 13.6. The third-order valence-corrected chi connectivity index (χ3v) is 5.17. The Bertz CT molecular complexity index is 1160. The number of hydrogen-bond acceptors (Lipinski definition) is 2. The highest BCUT2D eigenvalue weighted by atomic mass is 19.1. The fraction of sp³-hybridized carbons (Fsp3) is 0.154. The molecule has 0 bridgehead atoms. The van der Waals surface area contributed by atoms with Gasteiger partial charge in [-0.1, -0.05) is 54.6 Å². The number of nitrogens with one attached hydrogen (secondary N) is 1. The molecule has 1 N–H and O–H groups in total. The van der Waals surface area contributed by atoms with Crippen molar-refractivity contribution in [1.29, 1.82) is 0 Å². The number of aryl methyl sites for hydroxylation is 1. The van der Waals surface area contributed by atoms with E-state index in [1.807, 2.05) is 48.5 Å². The number of nitrogens with zero attached hydrogens (tertiary/aromatic N) is 1. The number of halogens is 1. The Kier molecular flexibility index (Phi) is 6.14. The van der Waals surface area contributed by atoms with Crippen LogP contribution in [0, 0.1) is 5.82 Å². The van der Waals surface area contributed by atoms with Gasteiger partial charge in [-0.25, -0.2) is 4.39 Å². The monoisotopic (exact) mass is 398 g/mol. The summed E-state index contributed by atoms with van der Waals surface area (Å²) in [6.07, 6.45) is 3.62. The summed E-state index contributed by atoms with van der Waals surface area (Å²) in [5, 5.41) is 3.99. The summed E-state index contributed by atoms with van der Waals surface area (Å²) in [4.78, 5) is 16.8. The Morgan fingerprint density at radius 2 is 1.70 bits per heavy atom. The van der Waals surface area contributed by atoms with Crippen molar-refractivity contribution in [3.63, 3.8) is 0 Å². The van der Waals surface area contributed by atoms with Crippen LogP contribution in [0.2, 0.25) is 0 Å². The van der Waals surface area contributed by atoms with Gasteiger partial charge in [0, 0.05) is 30.1 Å². The molecule has 4 heteroatoms. The van der Waals surface area contributed by atoms with Gasteiger partial charge in [-0.2, -0.15) is 0 Å². The van der Waals surface area contributed by atoms with E-state index in [1.165, 1.54) is 17.7 Å². The molecule has 0 aliphatic heterocycles. The standard InChI is InChI=1S/C26H23FN2O/c27-23-10-4-9-21(16-23)22-17-24-20(8-5-11-25(24)29-18-22)12-13-26(30)28-15-14-19-6-2-1-3-7-19/h1-11,16-18H,12-15H2,(H,28,30). The molecule has 0 aliphatic rings. The lowest BCUT2D eigenvalue weighted by atomic mass is 10.00. The van der Waals surface area contributed by atoms with Crippen molar-refractivity contribution in [3.8, 4) is 11.1 Å². The number of hydrogen-bond donors (Lipinski definition) is 1. The van der Waals surface area contributed by atoms with Gasteiger partial charge in [-0.05, 0) is 53.8 Å². The third-order valence-electron chi connectivity index (χ3n) is 5.17. The van der Waals surface area contributed by atoms with Gasteiger partial charge in [0.1, 0.15) is 5.82 Å². The normalized spacial score (nSPS) is 10.8. The minimum absolute atomic E-state index is 0.0391. The summed E-state index contributed by atoms with van der Waals surface area (Å²) < 4.78 is 13.6. The quantitative estimate of drug-likeness (QED) is 0.457. The molecule has 3 aromatic carbocycles. The van der Waals surface area contributed by atoms with Crippen LogP contribution in [0.25, 0.3) is 22.0 Å². The highest BCUT2D eigenvalue weighted by Crippen LogP contribution is 2.26. The van der Waals surface area contributed by atoms with Crippen molar-refractivity contribution >= 4 is 16.8 Å². The van der Waals surface area contributed by atoms with E-state index in [0.717, 1.165) is 34.0 Å². The molecular formula is C26H23FN2O. The van der Waals surface area contributed by atoms with E-state index in [0.29, 0.717) is 19.4 Å². The molecule has 0 saturated carbocycles. The lowest BCUT2D eigenvalue weighted by Crippen LogP contribution is -2.25. The summed E-state index contributed by atoms with van der Waals surface area (Å²) in [7, 11) is 0. The first-order chi connectivity index (χ1) is 14.7. The maximum atomic E-state index is 13.6. The van der Waals surface area contributed by atoms with Gasteiger partial charge in [0.25, 0.3) is 0 Å². The van der Waals surface area contributed by atoms with Crippen LogP contribution in [0.5, 0.6) is 0 Å². The molecule has 3 nitrogen and oxygen atoms in total. The summed E-state index contributed by atoms with van der Waals surface area (Å²) in [6, 6.07) is 24.6. The van der Waals surface area contributed by atoms with Crippen molar-refractivity contribution in [1.82, 2.24) is 10.3 Å². The largest absolute Gasteiger partial charge is 0.356 e. The van der Waals surface area contributed by atoms with Gasteiger partial charge in [0.05, 0.1) is 5.52 Å². The van der Waals surface area contributed by atoms with Crippen LogP contribution in [-0.2, 0) is 17.6 Å². The van der Waals surface area contributed by atoms with E-state index < -0.39 is 0 Å². The summed E-state index contributed by atoms with van der Waals surface area (Å²) in [6.45, 7) is 0.629. The smallest absolute Gasteiger partial charge is 0.220 e. The number of carbonyl (C=O) groups is 1. The van der Waals surface area contributed by atoms with Gasteiger partial charge >= 0.3 is 0 Å². The minimum Gasteiger partial charge on any atom is -0.356 e. The summed E-state index contributed by atoms with van der Waals surface area (Å²) >= 11 is 0. The summed E-state index contributed by atoms with van der Waals surface area (Å²) in [5.41, 5.74) is 4.80. The Morgan fingerprint density at radius 1 is 0.867 bits per heavy atom. The van der Waals surface area contributed by atoms with Crippen molar-refractivity contribution in [2.24, 2.45) is 0 Å². The Labute approximate surface area is 175 Å². The fourth-order valence-electron chi connectivity index (χ4n) is 3.58. The van der Waals surface area contributed by atoms with Crippen LogP contribution in [-0.4, -0.2) is 17.4 Å². The number of benzene rings is 3. The topological polar surface area (TPSA) is 42.0 Å². The van der Waals surface area contributed by atoms with Crippen LogP contribution in [0.3, 0.4) is 0 Å². The van der Waals surface area contributed by atoms with E-state index in [1.54, 1.807) is 12.3 Å². The van der Waals surface area contributed by atoms with E-state index >= 15 is 0 Å². The second kappa shape index (κ2) is 9.31. The van der Waals surface area contributed by atoms with Crippen molar-refractivity contribution in [2.45, 2.75) is 19.3 Å². The van der Waals surface area contributed by atoms with E-state index in [-0.39, 0.29) is 11.7 Å². The second-order valence-corrected chi connectivity index (χ2v) is 7.30. The molecule has 1 aromatic heterocycles. The predicted molar refractivity (Wildman–Crippen MR) is 119 cm³/mol. The van der Waals surface area contributed by atoms with Gasteiger partial charge < -0.3 is 5.32 Å². The SMILES string of the molecule is O=C(CCc1cccc2ncc(-c3cccc(F)c3)cc12)NCCc1ccccc1. The van der Waals surface area contributed by atoms with Gasteiger partial charge in [0.2, 0.25) is 5.91 Å². The Morgan fingerprint density at radius 3 is 2.53 bits per heavy atom. The zero-order chi connectivity index (χ0) is 20.8. The van der Waals surface area contributed by atoms with E-state index in [9.17, 15) is 9.18 Å². The number of fused-ring (bicyclic) bond motifs is 1. The molecular weight excluding hydrogens is 375 g/mol. The molecule has 0 aliphatic carbocycles. The highest BCUT2D eigenvalue weighted by molar-refractivity contribution is 5.87. The lowest BCUT2D eigenvalue weighted by Gasteiger charge is -2.09. The molecule has 0 atom stereocenters. The molecule has 150 valence electrons. The number of amides is 1. The summed E-state index contributed by atoms with van der Waals surface area (Å²) in [5.74, 6) is -0.231. The molecule has 0 radical (unpaired) electrons. The van der Waals surface area contributed by atoms with Crippen LogP contribution in [0.4, 0.5) is 4.39 Å². The molecule has 4 rings (SSSR count). The van der Waals surface area contributed by atoms with Crippen molar-refractivity contribution in [3.05, 3.63) is 102 Å². The first-order valence-electron chi connectivity index (χ1n) is 10.1. The molecule has 0 unspecified atom stereocenters. The number of pyridine rings is 1. The number of aromatic nitrogens is 1. The molecule has 4 aromatic rings. The second-order valence-electron chi connectivity index (χ2n) is 7.30. The predicted octanol–water partition coefficient (Wildman–Crippen LogP) is 5.33. The molecule has 0 spiro atoms. The number of rotatable bonds is 7. The van der Waals surface area contributed by atoms with E-state index in [2.05, 4.69) is 22.4 Å². The zero-order valence-electron chi connectivity index (χ0n) is 16.6. The van der Waals surface area contributed by atoms with Crippen molar-refractivity contribution in [2.75, 3.05) is 6.54 Å². The molecule has 0 saturated heterocycles. The molecule has 0 fully saturated rings. The maximum Gasteiger partial charge on any atom is 0.220 e. The fourth-order valence-corrected chi connectivity index (χ4v) is 3.58. The van der Waals surface area contributed by atoms with Crippen LogP contribution in [0.15, 0.2) is 85.1 Å². The zero-order valence-corrected chi connectivity index (χ0v) is 16.6. The molecule has 1 amide bonds. The first kappa shape index (κ1) is 19.8. The number of carbonyl (C=O) groups excluding carboxylic acids is 1. The Balaban J connectivity index is 1.43. The molecule has 1 heterocycles. The van der Waals surface area contributed by atoms with Gasteiger partial charge in [0.15, 0.2) is 0 Å². The van der Waals surface area contributed by atoms with Gasteiger partial charge in [-0.15, -0.1) is 0 Å². The van der Waals surface area contributed by atoms with Crippen LogP contribution < -0.4 is 5.32 Å². The van der Waals surface area contributed by atoms with Crippen LogP contribution >= 0.6 is 0 Å². The van der Waals surface area contributed by atoms with Gasteiger partial charge in [-0.3, -0.25) is 9.78 Å².